The Balaban J connectivity index is 1.93. The van der Waals surface area contributed by atoms with Crippen LogP contribution in [0.1, 0.15) is 0 Å². The standard InChI is InChI=1S/C18H11ClFN/c19-15-8-14-9-17(21-18(14)16(20)10-15)13-6-5-11-3-1-2-4-12(11)7-13/h1-10,21H. The van der Waals surface area contributed by atoms with Gasteiger partial charge in [-0.2, -0.15) is 0 Å². The number of aromatic amines is 1. The van der Waals surface area contributed by atoms with E-state index in [9.17, 15) is 4.39 Å². The number of hydrogen-bond acceptors (Lipinski definition) is 0. The first-order valence-corrected chi connectivity index (χ1v) is 7.05. The molecule has 0 saturated carbocycles. The average Bonchev–Trinajstić information content (AvgIpc) is 2.91. The first-order chi connectivity index (χ1) is 10.2. The Kier molecular flexibility index (Phi) is 2.72. The minimum Gasteiger partial charge on any atom is -0.352 e. The summed E-state index contributed by atoms with van der Waals surface area (Å²) in [5, 5.41) is 3.53. The highest BCUT2D eigenvalue weighted by Gasteiger charge is 2.09. The Morgan fingerprint density at radius 2 is 1.62 bits per heavy atom. The number of nitrogens with one attached hydrogen (secondary N) is 1. The number of benzene rings is 3. The molecular weight excluding hydrogens is 285 g/mol. The molecule has 21 heavy (non-hydrogen) atoms. The van der Waals surface area contributed by atoms with Crippen molar-refractivity contribution in [3.8, 4) is 11.3 Å². The Hall–Kier alpha value is -2.32. The average molecular weight is 296 g/mol. The number of fused-ring (bicyclic) bond motifs is 2. The van der Waals surface area contributed by atoms with Crippen molar-refractivity contribution in [2.45, 2.75) is 0 Å². The smallest absolute Gasteiger partial charge is 0.148 e. The van der Waals surface area contributed by atoms with Gasteiger partial charge in [0.25, 0.3) is 0 Å². The fourth-order valence-corrected chi connectivity index (χ4v) is 2.89. The molecule has 1 heterocycles. The van der Waals surface area contributed by atoms with Crippen LogP contribution in [0.2, 0.25) is 5.02 Å². The van der Waals surface area contributed by atoms with Gasteiger partial charge in [-0.3, -0.25) is 0 Å². The van der Waals surface area contributed by atoms with Gasteiger partial charge in [0, 0.05) is 16.1 Å². The van der Waals surface area contributed by atoms with Crippen molar-refractivity contribution >= 4 is 33.3 Å². The molecule has 3 heteroatoms. The van der Waals surface area contributed by atoms with E-state index in [-0.39, 0.29) is 5.82 Å². The maximum absolute atomic E-state index is 13.9. The monoisotopic (exact) mass is 295 g/mol. The van der Waals surface area contributed by atoms with Crippen LogP contribution in [0.5, 0.6) is 0 Å². The van der Waals surface area contributed by atoms with E-state index in [1.54, 1.807) is 6.07 Å². The van der Waals surface area contributed by atoms with Crippen LogP contribution >= 0.6 is 11.6 Å². The predicted molar refractivity (Wildman–Crippen MR) is 86.2 cm³/mol. The molecule has 0 atom stereocenters. The lowest BCUT2D eigenvalue weighted by atomic mass is 10.1. The number of rotatable bonds is 1. The van der Waals surface area contributed by atoms with Crippen LogP contribution in [0.4, 0.5) is 4.39 Å². The zero-order valence-electron chi connectivity index (χ0n) is 11.0. The van der Waals surface area contributed by atoms with Gasteiger partial charge in [-0.1, -0.05) is 48.0 Å². The minimum absolute atomic E-state index is 0.329. The molecule has 1 N–H and O–H groups in total. The van der Waals surface area contributed by atoms with Crippen LogP contribution in [-0.2, 0) is 0 Å². The van der Waals surface area contributed by atoms with Crippen molar-refractivity contribution < 1.29 is 4.39 Å². The van der Waals surface area contributed by atoms with E-state index in [1.165, 1.54) is 11.5 Å². The molecule has 102 valence electrons. The molecule has 0 unspecified atom stereocenters. The molecule has 0 aliphatic carbocycles. The lowest BCUT2D eigenvalue weighted by molar-refractivity contribution is 0.637. The van der Waals surface area contributed by atoms with Gasteiger partial charge in [-0.05, 0) is 40.6 Å². The van der Waals surface area contributed by atoms with Crippen molar-refractivity contribution in [3.63, 3.8) is 0 Å². The molecule has 0 bridgehead atoms. The van der Waals surface area contributed by atoms with Gasteiger partial charge < -0.3 is 4.98 Å². The van der Waals surface area contributed by atoms with Crippen LogP contribution in [-0.4, -0.2) is 4.98 Å². The van der Waals surface area contributed by atoms with Gasteiger partial charge in [-0.25, -0.2) is 4.39 Å². The third-order valence-corrected chi connectivity index (χ3v) is 3.92. The van der Waals surface area contributed by atoms with Gasteiger partial charge >= 0.3 is 0 Å². The zero-order chi connectivity index (χ0) is 14.4. The van der Waals surface area contributed by atoms with Crippen molar-refractivity contribution in [2.75, 3.05) is 0 Å². The first-order valence-electron chi connectivity index (χ1n) is 6.68. The van der Waals surface area contributed by atoms with Gasteiger partial charge in [0.2, 0.25) is 0 Å². The molecule has 0 spiro atoms. The van der Waals surface area contributed by atoms with Crippen LogP contribution in [0.15, 0.2) is 60.7 Å². The molecule has 1 nitrogen and oxygen atoms in total. The molecule has 0 fully saturated rings. The Morgan fingerprint density at radius 1 is 0.810 bits per heavy atom. The summed E-state index contributed by atoms with van der Waals surface area (Å²) in [6.07, 6.45) is 0. The topological polar surface area (TPSA) is 15.8 Å². The molecule has 0 saturated heterocycles. The van der Waals surface area contributed by atoms with Gasteiger partial charge in [-0.15, -0.1) is 0 Å². The second-order valence-electron chi connectivity index (χ2n) is 5.10. The molecule has 4 rings (SSSR count). The van der Waals surface area contributed by atoms with Crippen LogP contribution < -0.4 is 0 Å². The largest absolute Gasteiger partial charge is 0.352 e. The zero-order valence-corrected chi connectivity index (χ0v) is 11.8. The summed E-state index contributed by atoms with van der Waals surface area (Å²) in [4.78, 5) is 3.14. The summed E-state index contributed by atoms with van der Waals surface area (Å²) in [7, 11) is 0. The number of halogens is 2. The third-order valence-electron chi connectivity index (χ3n) is 3.71. The van der Waals surface area contributed by atoms with Crippen molar-refractivity contribution in [1.29, 1.82) is 0 Å². The summed E-state index contributed by atoms with van der Waals surface area (Å²) in [6, 6.07) is 19.4. The maximum atomic E-state index is 13.9. The van der Waals surface area contributed by atoms with Gasteiger partial charge in [0.05, 0.1) is 5.52 Å². The summed E-state index contributed by atoms with van der Waals surface area (Å²) in [5.74, 6) is -0.329. The number of H-pyrrole nitrogens is 1. The first kappa shape index (κ1) is 12.4. The highest BCUT2D eigenvalue weighted by atomic mass is 35.5. The van der Waals surface area contributed by atoms with E-state index in [4.69, 9.17) is 11.6 Å². The summed E-state index contributed by atoms with van der Waals surface area (Å²) in [5.41, 5.74) is 2.40. The normalized spacial score (nSPS) is 11.3. The Labute approximate surface area is 126 Å². The van der Waals surface area contributed by atoms with Crippen molar-refractivity contribution in [2.24, 2.45) is 0 Å². The lowest BCUT2D eigenvalue weighted by Gasteiger charge is -2.01. The van der Waals surface area contributed by atoms with E-state index < -0.39 is 0 Å². The van der Waals surface area contributed by atoms with Crippen molar-refractivity contribution in [1.82, 2.24) is 4.98 Å². The Bertz CT molecular complexity index is 971. The highest BCUT2D eigenvalue weighted by Crippen LogP contribution is 2.29. The van der Waals surface area contributed by atoms with Crippen LogP contribution in [0, 0.1) is 5.82 Å². The van der Waals surface area contributed by atoms with Gasteiger partial charge in [0.1, 0.15) is 5.82 Å². The van der Waals surface area contributed by atoms with Gasteiger partial charge in [0.15, 0.2) is 0 Å². The molecule has 0 aliphatic rings. The molecule has 4 aromatic rings. The van der Waals surface area contributed by atoms with E-state index >= 15 is 0 Å². The van der Waals surface area contributed by atoms with E-state index in [2.05, 4.69) is 29.2 Å². The predicted octanol–water partition coefficient (Wildman–Crippen LogP) is 5.78. The summed E-state index contributed by atoms with van der Waals surface area (Å²) < 4.78 is 13.9. The summed E-state index contributed by atoms with van der Waals surface area (Å²) >= 11 is 5.90. The number of aromatic nitrogens is 1. The quantitative estimate of drug-likeness (QED) is 0.458. The van der Waals surface area contributed by atoms with E-state index in [1.807, 2.05) is 24.3 Å². The second-order valence-corrected chi connectivity index (χ2v) is 5.53. The lowest BCUT2D eigenvalue weighted by Crippen LogP contribution is -1.80. The molecule has 1 aromatic heterocycles. The molecule has 0 aliphatic heterocycles. The molecule has 0 radical (unpaired) electrons. The minimum atomic E-state index is -0.329. The van der Waals surface area contributed by atoms with Crippen LogP contribution in [0.3, 0.4) is 0 Å². The fourth-order valence-electron chi connectivity index (χ4n) is 2.68. The summed E-state index contributed by atoms with van der Waals surface area (Å²) in [6.45, 7) is 0. The SMILES string of the molecule is Fc1cc(Cl)cc2cc(-c3ccc4ccccc4c3)[nH]c12. The maximum Gasteiger partial charge on any atom is 0.148 e. The fraction of sp³-hybridized carbons (Fsp3) is 0. The highest BCUT2D eigenvalue weighted by molar-refractivity contribution is 6.31. The number of hydrogen-bond donors (Lipinski definition) is 1. The second kappa shape index (κ2) is 4.61. The van der Waals surface area contributed by atoms with E-state index in [0.29, 0.717) is 10.5 Å². The molecule has 3 aromatic carbocycles. The van der Waals surface area contributed by atoms with E-state index in [0.717, 1.165) is 22.0 Å². The van der Waals surface area contributed by atoms with Crippen molar-refractivity contribution in [3.05, 3.63) is 71.5 Å². The third kappa shape index (κ3) is 2.08. The Morgan fingerprint density at radius 3 is 2.48 bits per heavy atom. The molecular formula is C18H11ClFN. The molecule has 0 amide bonds. The van der Waals surface area contributed by atoms with Crippen LogP contribution in [0.25, 0.3) is 32.9 Å².